The van der Waals surface area contributed by atoms with Crippen molar-refractivity contribution >= 4 is 39.1 Å². The number of aromatic nitrogens is 1. The van der Waals surface area contributed by atoms with E-state index in [9.17, 15) is 4.79 Å². The second kappa shape index (κ2) is 3.23. The third-order valence-corrected chi connectivity index (χ3v) is 3.35. The molecule has 0 fully saturated rings. The Morgan fingerprint density at radius 2 is 1.94 bits per heavy atom. The molecule has 0 saturated heterocycles. The van der Waals surface area contributed by atoms with Crippen molar-refractivity contribution in [2.24, 2.45) is 0 Å². The monoisotopic (exact) mass is 235 g/mol. The first kappa shape index (κ1) is 9.48. The van der Waals surface area contributed by atoms with Gasteiger partial charge in [-0.1, -0.05) is 18.2 Å². The number of hydrogen-bond acceptors (Lipinski definition) is 2. The van der Waals surface area contributed by atoms with Crippen LogP contribution in [0.2, 0.25) is 0 Å². The molecule has 3 nitrogen and oxygen atoms in total. The summed E-state index contributed by atoms with van der Waals surface area (Å²) in [4.78, 5) is 14.2. The zero-order valence-corrected chi connectivity index (χ0v) is 9.44. The molecule has 2 heterocycles. The molecule has 0 saturated carbocycles. The van der Waals surface area contributed by atoms with Gasteiger partial charge in [-0.2, -0.15) is 0 Å². The van der Waals surface area contributed by atoms with Gasteiger partial charge in [0.2, 0.25) is 0 Å². The number of benzene rings is 2. The van der Waals surface area contributed by atoms with Crippen molar-refractivity contribution in [2.45, 2.75) is 0 Å². The molecule has 0 aliphatic carbocycles. The Labute approximate surface area is 102 Å². The topological polar surface area (TPSA) is 46.0 Å². The van der Waals surface area contributed by atoms with Gasteiger partial charge in [0.05, 0.1) is 5.39 Å². The van der Waals surface area contributed by atoms with Gasteiger partial charge in [0.15, 0.2) is 6.29 Å². The van der Waals surface area contributed by atoms with Crippen molar-refractivity contribution < 1.29 is 9.21 Å². The van der Waals surface area contributed by atoms with Crippen molar-refractivity contribution in [3.05, 3.63) is 48.2 Å². The van der Waals surface area contributed by atoms with Gasteiger partial charge in [-0.05, 0) is 18.2 Å². The third kappa shape index (κ3) is 1.06. The van der Waals surface area contributed by atoms with Gasteiger partial charge in [0.25, 0.3) is 0 Å². The maximum atomic E-state index is 11.1. The van der Waals surface area contributed by atoms with E-state index in [4.69, 9.17) is 4.42 Å². The summed E-state index contributed by atoms with van der Waals surface area (Å²) in [6, 6.07) is 11.9. The minimum absolute atomic E-state index is 0.634. The molecule has 1 N–H and O–H groups in total. The van der Waals surface area contributed by atoms with Gasteiger partial charge < -0.3 is 9.40 Å². The second-order valence-electron chi connectivity index (χ2n) is 4.32. The lowest BCUT2D eigenvalue weighted by Gasteiger charge is -1.93. The molecule has 2 aromatic carbocycles. The number of rotatable bonds is 1. The standard InChI is InChI=1S/C15H9NO2/c17-8-9-7-16-12-6-5-11-10-3-1-2-4-13(10)18-15(11)14(9)12/h1-8,16H. The molecule has 0 bridgehead atoms. The van der Waals surface area contributed by atoms with Crippen molar-refractivity contribution in [3.8, 4) is 0 Å². The maximum absolute atomic E-state index is 11.1. The van der Waals surface area contributed by atoms with Crippen LogP contribution in [-0.2, 0) is 0 Å². The molecule has 86 valence electrons. The van der Waals surface area contributed by atoms with Crippen LogP contribution in [0.5, 0.6) is 0 Å². The highest BCUT2D eigenvalue weighted by atomic mass is 16.3. The first-order valence-corrected chi connectivity index (χ1v) is 5.75. The first-order chi connectivity index (χ1) is 8.88. The zero-order valence-electron chi connectivity index (χ0n) is 9.44. The molecule has 4 rings (SSSR count). The van der Waals surface area contributed by atoms with Crippen LogP contribution in [0.15, 0.2) is 47.0 Å². The SMILES string of the molecule is O=Cc1c[nH]c2ccc3c4ccccc4oc3c12. The Balaban J connectivity index is 2.34. The number of furan rings is 1. The van der Waals surface area contributed by atoms with E-state index in [1.165, 1.54) is 0 Å². The van der Waals surface area contributed by atoms with Crippen LogP contribution in [-0.4, -0.2) is 11.3 Å². The molecular formula is C15H9NO2. The molecule has 3 heteroatoms. The Kier molecular flexibility index (Phi) is 1.70. The third-order valence-electron chi connectivity index (χ3n) is 3.35. The highest BCUT2D eigenvalue weighted by Gasteiger charge is 2.13. The molecule has 0 aliphatic heterocycles. The Morgan fingerprint density at radius 3 is 2.83 bits per heavy atom. The van der Waals surface area contributed by atoms with Gasteiger partial charge in [0.1, 0.15) is 11.2 Å². The average Bonchev–Trinajstić information content (AvgIpc) is 2.98. The molecule has 0 atom stereocenters. The molecule has 2 aromatic heterocycles. The number of hydrogen-bond donors (Lipinski definition) is 1. The number of aldehydes is 1. The van der Waals surface area contributed by atoms with Gasteiger partial charge in [-0.25, -0.2) is 0 Å². The molecular weight excluding hydrogens is 226 g/mol. The highest BCUT2D eigenvalue weighted by Crippen LogP contribution is 2.34. The normalized spacial score (nSPS) is 11.6. The summed E-state index contributed by atoms with van der Waals surface area (Å²) >= 11 is 0. The van der Waals surface area contributed by atoms with Crippen LogP contribution in [0, 0.1) is 0 Å². The van der Waals surface area contributed by atoms with Crippen LogP contribution in [0.1, 0.15) is 10.4 Å². The van der Waals surface area contributed by atoms with Gasteiger partial charge in [-0.3, -0.25) is 4.79 Å². The van der Waals surface area contributed by atoms with Gasteiger partial charge in [0, 0.05) is 28.0 Å². The quantitative estimate of drug-likeness (QED) is 0.509. The lowest BCUT2D eigenvalue weighted by Crippen LogP contribution is -1.75. The minimum Gasteiger partial charge on any atom is -0.455 e. The van der Waals surface area contributed by atoms with E-state index in [2.05, 4.69) is 4.98 Å². The lowest BCUT2D eigenvalue weighted by atomic mass is 10.1. The van der Waals surface area contributed by atoms with Crippen LogP contribution in [0.4, 0.5) is 0 Å². The molecule has 0 amide bonds. The van der Waals surface area contributed by atoms with E-state index in [0.717, 1.165) is 39.1 Å². The minimum atomic E-state index is 0.634. The largest absolute Gasteiger partial charge is 0.455 e. The van der Waals surface area contributed by atoms with E-state index in [-0.39, 0.29) is 0 Å². The van der Waals surface area contributed by atoms with E-state index in [0.29, 0.717) is 5.56 Å². The Bertz CT molecular complexity index is 899. The number of aromatic amines is 1. The summed E-state index contributed by atoms with van der Waals surface area (Å²) in [6.45, 7) is 0. The number of fused-ring (bicyclic) bond motifs is 5. The summed E-state index contributed by atoms with van der Waals surface area (Å²) in [6.07, 6.45) is 2.57. The number of carbonyl (C=O) groups is 1. The van der Waals surface area contributed by atoms with Crippen LogP contribution in [0.25, 0.3) is 32.8 Å². The fourth-order valence-corrected chi connectivity index (χ4v) is 2.52. The molecule has 18 heavy (non-hydrogen) atoms. The van der Waals surface area contributed by atoms with E-state index in [1.54, 1.807) is 6.20 Å². The van der Waals surface area contributed by atoms with Crippen LogP contribution >= 0.6 is 0 Å². The molecule has 0 aliphatic rings. The molecule has 0 unspecified atom stereocenters. The summed E-state index contributed by atoms with van der Waals surface area (Å²) in [5, 5.41) is 2.98. The highest BCUT2D eigenvalue weighted by molar-refractivity contribution is 6.18. The smallest absolute Gasteiger partial charge is 0.152 e. The predicted molar refractivity (Wildman–Crippen MR) is 71.0 cm³/mol. The molecule has 0 radical (unpaired) electrons. The Hall–Kier alpha value is -2.55. The Morgan fingerprint density at radius 1 is 1.06 bits per heavy atom. The zero-order chi connectivity index (χ0) is 12.1. The van der Waals surface area contributed by atoms with Crippen molar-refractivity contribution in [3.63, 3.8) is 0 Å². The molecule has 4 aromatic rings. The predicted octanol–water partition coefficient (Wildman–Crippen LogP) is 3.88. The van der Waals surface area contributed by atoms with Gasteiger partial charge in [-0.15, -0.1) is 0 Å². The number of H-pyrrole nitrogens is 1. The van der Waals surface area contributed by atoms with E-state index in [1.807, 2.05) is 36.4 Å². The average molecular weight is 235 g/mol. The first-order valence-electron chi connectivity index (χ1n) is 5.75. The fraction of sp³-hybridized carbons (Fsp3) is 0. The van der Waals surface area contributed by atoms with Crippen LogP contribution in [0.3, 0.4) is 0 Å². The summed E-state index contributed by atoms with van der Waals surface area (Å²) < 4.78 is 5.89. The fourth-order valence-electron chi connectivity index (χ4n) is 2.52. The maximum Gasteiger partial charge on any atom is 0.152 e. The van der Waals surface area contributed by atoms with Crippen molar-refractivity contribution in [1.82, 2.24) is 4.98 Å². The number of carbonyl (C=O) groups excluding carboxylic acids is 1. The summed E-state index contributed by atoms with van der Waals surface area (Å²) in [5.74, 6) is 0. The van der Waals surface area contributed by atoms with Crippen LogP contribution < -0.4 is 0 Å². The van der Waals surface area contributed by atoms with Gasteiger partial charge >= 0.3 is 0 Å². The number of nitrogens with one attached hydrogen (secondary N) is 1. The van der Waals surface area contributed by atoms with Crippen molar-refractivity contribution in [1.29, 1.82) is 0 Å². The second-order valence-corrected chi connectivity index (χ2v) is 4.32. The summed E-state index contributed by atoms with van der Waals surface area (Å²) in [7, 11) is 0. The molecule has 0 spiro atoms. The van der Waals surface area contributed by atoms with Crippen molar-refractivity contribution in [2.75, 3.05) is 0 Å². The van der Waals surface area contributed by atoms with E-state index < -0.39 is 0 Å². The lowest BCUT2D eigenvalue weighted by molar-refractivity contribution is 0.112. The number of para-hydroxylation sites is 1. The van der Waals surface area contributed by atoms with E-state index >= 15 is 0 Å². The summed E-state index contributed by atoms with van der Waals surface area (Å²) in [5.41, 5.74) is 3.17.